The largest absolute Gasteiger partial charge is 0.394 e. The Kier molecular flexibility index (Phi) is 4.44. The van der Waals surface area contributed by atoms with Gasteiger partial charge in [-0.15, -0.1) is 0 Å². The second-order valence-corrected chi connectivity index (χ2v) is 4.44. The molecule has 1 heterocycles. The quantitative estimate of drug-likeness (QED) is 0.740. The molecule has 0 aliphatic rings. The predicted molar refractivity (Wildman–Crippen MR) is 63.1 cm³/mol. The van der Waals surface area contributed by atoms with Crippen molar-refractivity contribution >= 4 is 0 Å². The zero-order valence-corrected chi connectivity index (χ0v) is 10.4. The van der Waals surface area contributed by atoms with E-state index in [0.29, 0.717) is 13.0 Å². The number of rotatable bonds is 6. The lowest BCUT2D eigenvalue weighted by Crippen LogP contribution is -2.41. The molecular weight excluding hydrogens is 204 g/mol. The van der Waals surface area contributed by atoms with E-state index < -0.39 is 5.54 Å². The number of aromatic nitrogens is 3. The molecular formula is C11H22N4O. The Balaban J connectivity index is 2.69. The van der Waals surface area contributed by atoms with Gasteiger partial charge in [-0.25, -0.2) is 9.67 Å². The lowest BCUT2D eigenvalue weighted by atomic mass is 10.0. The van der Waals surface area contributed by atoms with E-state index in [0.717, 1.165) is 24.5 Å². The van der Waals surface area contributed by atoms with Crippen LogP contribution in [0.4, 0.5) is 0 Å². The van der Waals surface area contributed by atoms with Gasteiger partial charge in [0.05, 0.1) is 6.61 Å². The Labute approximate surface area is 96.7 Å². The van der Waals surface area contributed by atoms with Crippen molar-refractivity contribution in [3.05, 3.63) is 11.6 Å². The molecule has 0 saturated carbocycles. The molecule has 0 radical (unpaired) electrons. The summed E-state index contributed by atoms with van der Waals surface area (Å²) in [7, 11) is 0. The van der Waals surface area contributed by atoms with Crippen molar-refractivity contribution in [2.45, 2.75) is 52.1 Å². The fraction of sp³-hybridized carbons (Fsp3) is 0.818. The summed E-state index contributed by atoms with van der Waals surface area (Å²) >= 11 is 0. The zero-order chi connectivity index (χ0) is 12.2. The molecule has 0 saturated heterocycles. The summed E-state index contributed by atoms with van der Waals surface area (Å²) in [4.78, 5) is 4.42. The number of nitrogens with two attached hydrogens (primary N) is 1. The van der Waals surface area contributed by atoms with Crippen LogP contribution in [-0.2, 0) is 19.4 Å². The number of nitrogens with zero attached hydrogens (tertiary/aromatic N) is 3. The normalized spacial score (nSPS) is 15.1. The molecule has 1 atom stereocenters. The Morgan fingerprint density at radius 1 is 1.38 bits per heavy atom. The lowest BCUT2D eigenvalue weighted by molar-refractivity contribution is 0.193. The summed E-state index contributed by atoms with van der Waals surface area (Å²) in [6, 6.07) is 0. The fourth-order valence-electron chi connectivity index (χ4n) is 1.46. The lowest BCUT2D eigenvalue weighted by Gasteiger charge is -2.21. The third-order valence-corrected chi connectivity index (χ3v) is 2.68. The van der Waals surface area contributed by atoms with Gasteiger partial charge in [-0.2, -0.15) is 5.10 Å². The monoisotopic (exact) mass is 226 g/mol. The maximum absolute atomic E-state index is 9.08. The average molecular weight is 226 g/mol. The summed E-state index contributed by atoms with van der Waals surface area (Å²) < 4.78 is 1.90. The van der Waals surface area contributed by atoms with Gasteiger partial charge in [0.25, 0.3) is 0 Å². The van der Waals surface area contributed by atoms with E-state index in [4.69, 9.17) is 10.8 Å². The van der Waals surface area contributed by atoms with Crippen LogP contribution in [-0.4, -0.2) is 32.0 Å². The van der Waals surface area contributed by atoms with Gasteiger partial charge in [-0.1, -0.05) is 13.8 Å². The van der Waals surface area contributed by atoms with Crippen LogP contribution >= 0.6 is 0 Å². The number of aliphatic hydroxyl groups excluding tert-OH is 1. The highest BCUT2D eigenvalue weighted by atomic mass is 16.3. The maximum Gasteiger partial charge on any atom is 0.150 e. The van der Waals surface area contributed by atoms with E-state index in [1.807, 2.05) is 18.5 Å². The first-order chi connectivity index (χ1) is 7.52. The van der Waals surface area contributed by atoms with E-state index in [2.05, 4.69) is 17.0 Å². The van der Waals surface area contributed by atoms with E-state index in [1.54, 1.807) is 0 Å². The molecule has 0 bridgehead atoms. The summed E-state index contributed by atoms with van der Waals surface area (Å²) in [5.41, 5.74) is 5.34. The second kappa shape index (κ2) is 5.41. The molecule has 92 valence electrons. The van der Waals surface area contributed by atoms with Crippen molar-refractivity contribution in [1.29, 1.82) is 0 Å². The molecule has 0 aliphatic heterocycles. The summed E-state index contributed by atoms with van der Waals surface area (Å²) in [6.45, 7) is 6.65. The van der Waals surface area contributed by atoms with Crippen LogP contribution in [0.5, 0.6) is 0 Å². The van der Waals surface area contributed by atoms with Crippen LogP contribution < -0.4 is 5.73 Å². The van der Waals surface area contributed by atoms with Crippen LogP contribution in [0.2, 0.25) is 0 Å². The van der Waals surface area contributed by atoms with Crippen molar-refractivity contribution in [3.8, 4) is 0 Å². The third kappa shape index (κ3) is 3.28. The highest BCUT2D eigenvalue weighted by Gasteiger charge is 2.18. The Bertz CT molecular complexity index is 333. The fourth-order valence-corrected chi connectivity index (χ4v) is 1.46. The van der Waals surface area contributed by atoms with Gasteiger partial charge in [0.1, 0.15) is 5.82 Å². The minimum Gasteiger partial charge on any atom is -0.394 e. The standard InChI is InChI=1S/C11H22N4O/c1-4-9-13-10(5-2)15(14-9)7-6-11(3,12)8-16/h16H,4-8,12H2,1-3H3. The molecule has 1 aromatic rings. The molecule has 0 aromatic carbocycles. The van der Waals surface area contributed by atoms with E-state index in [1.165, 1.54) is 0 Å². The first-order valence-electron chi connectivity index (χ1n) is 5.84. The zero-order valence-electron chi connectivity index (χ0n) is 10.4. The van der Waals surface area contributed by atoms with E-state index in [9.17, 15) is 0 Å². The minimum atomic E-state index is -0.538. The molecule has 16 heavy (non-hydrogen) atoms. The van der Waals surface area contributed by atoms with Gasteiger partial charge in [0.2, 0.25) is 0 Å². The first-order valence-corrected chi connectivity index (χ1v) is 5.84. The van der Waals surface area contributed by atoms with Crippen LogP contribution in [0.1, 0.15) is 38.8 Å². The maximum atomic E-state index is 9.08. The van der Waals surface area contributed by atoms with E-state index >= 15 is 0 Å². The van der Waals surface area contributed by atoms with Crippen LogP contribution in [0.25, 0.3) is 0 Å². The molecule has 1 unspecified atom stereocenters. The Morgan fingerprint density at radius 3 is 2.56 bits per heavy atom. The van der Waals surface area contributed by atoms with Crippen molar-refractivity contribution in [2.75, 3.05) is 6.61 Å². The van der Waals surface area contributed by atoms with Crippen LogP contribution in [0.15, 0.2) is 0 Å². The summed E-state index contributed by atoms with van der Waals surface area (Å²) in [6.07, 6.45) is 2.41. The SMILES string of the molecule is CCc1nc(CC)n(CCC(C)(N)CO)n1. The predicted octanol–water partition coefficient (Wildman–Crippen LogP) is 0.503. The van der Waals surface area contributed by atoms with Crippen molar-refractivity contribution < 1.29 is 5.11 Å². The smallest absolute Gasteiger partial charge is 0.150 e. The van der Waals surface area contributed by atoms with Gasteiger partial charge < -0.3 is 10.8 Å². The summed E-state index contributed by atoms with van der Waals surface area (Å²) in [5.74, 6) is 1.87. The van der Waals surface area contributed by atoms with Gasteiger partial charge >= 0.3 is 0 Å². The number of aliphatic hydroxyl groups is 1. The van der Waals surface area contributed by atoms with Crippen molar-refractivity contribution in [3.63, 3.8) is 0 Å². The average Bonchev–Trinajstić information content (AvgIpc) is 2.69. The number of aryl methyl sites for hydroxylation is 3. The van der Waals surface area contributed by atoms with Crippen LogP contribution in [0, 0.1) is 0 Å². The van der Waals surface area contributed by atoms with Crippen molar-refractivity contribution in [1.82, 2.24) is 14.8 Å². The summed E-state index contributed by atoms with van der Waals surface area (Å²) in [5, 5.41) is 13.5. The van der Waals surface area contributed by atoms with Gasteiger partial charge in [-0.05, 0) is 13.3 Å². The van der Waals surface area contributed by atoms with Gasteiger partial charge in [0, 0.05) is 24.9 Å². The van der Waals surface area contributed by atoms with E-state index in [-0.39, 0.29) is 6.61 Å². The molecule has 0 fully saturated rings. The molecule has 0 amide bonds. The second-order valence-electron chi connectivity index (χ2n) is 4.44. The highest BCUT2D eigenvalue weighted by Crippen LogP contribution is 2.08. The molecule has 1 rings (SSSR count). The molecule has 3 N–H and O–H groups in total. The molecule has 5 heteroatoms. The molecule has 5 nitrogen and oxygen atoms in total. The van der Waals surface area contributed by atoms with Crippen LogP contribution in [0.3, 0.4) is 0 Å². The Morgan fingerprint density at radius 2 is 2.06 bits per heavy atom. The molecule has 0 aliphatic carbocycles. The number of hydrogen-bond acceptors (Lipinski definition) is 4. The highest BCUT2D eigenvalue weighted by molar-refractivity contribution is 4.93. The van der Waals surface area contributed by atoms with Crippen molar-refractivity contribution in [2.24, 2.45) is 5.73 Å². The topological polar surface area (TPSA) is 77.0 Å². The molecule has 1 aromatic heterocycles. The van der Waals surface area contributed by atoms with Gasteiger partial charge in [0.15, 0.2) is 5.82 Å². The first kappa shape index (κ1) is 13.1. The third-order valence-electron chi connectivity index (χ3n) is 2.68. The number of hydrogen-bond donors (Lipinski definition) is 2. The molecule has 0 spiro atoms. The Hall–Kier alpha value is -0.940. The van der Waals surface area contributed by atoms with Gasteiger partial charge in [-0.3, -0.25) is 0 Å². The minimum absolute atomic E-state index is 0.0101.